The summed E-state index contributed by atoms with van der Waals surface area (Å²) in [5, 5.41) is 28.8. The number of amides is 1. The number of esters is 1. The summed E-state index contributed by atoms with van der Waals surface area (Å²) in [6.45, 7) is 0.187. The first-order valence-electron chi connectivity index (χ1n) is 21.0. The van der Waals surface area contributed by atoms with Gasteiger partial charge in [-0.05, 0) is 101 Å². The first kappa shape index (κ1) is 50.2. The van der Waals surface area contributed by atoms with Crippen LogP contribution in [0.25, 0.3) is 65.9 Å². The van der Waals surface area contributed by atoms with Crippen molar-refractivity contribution in [3.63, 3.8) is 0 Å². The minimum atomic E-state index is -1.08. The minimum Gasteiger partial charge on any atom is -0.478 e. The van der Waals surface area contributed by atoms with Gasteiger partial charge in [-0.15, -0.1) is 22.7 Å². The van der Waals surface area contributed by atoms with Crippen LogP contribution < -0.4 is 5.32 Å². The Balaban J connectivity index is 0.000000194. The summed E-state index contributed by atoms with van der Waals surface area (Å²) in [4.78, 5) is 57.7. The smallest absolute Gasteiger partial charge is 0.338 e. The second-order valence-corrected chi connectivity index (χ2v) is 18.8. The summed E-state index contributed by atoms with van der Waals surface area (Å²) >= 11 is 27.1. The van der Waals surface area contributed by atoms with Crippen LogP contribution in [0.1, 0.15) is 47.0 Å². The topological polar surface area (TPSA) is 156 Å². The van der Waals surface area contributed by atoms with E-state index in [1.54, 1.807) is 97.1 Å². The van der Waals surface area contributed by atoms with Crippen molar-refractivity contribution in [2.24, 2.45) is 0 Å². The highest BCUT2D eigenvalue weighted by Gasteiger charge is 2.19. The lowest BCUT2D eigenvalue weighted by atomic mass is 9.96. The number of hydrogen-bond acceptors (Lipinski definition) is 9. The van der Waals surface area contributed by atoms with Gasteiger partial charge in [0.1, 0.15) is 15.8 Å². The number of methoxy groups -OCH3 is 1. The number of aromatic carboxylic acids is 2. The first-order valence-corrected chi connectivity index (χ1v) is 24.3. The van der Waals surface area contributed by atoms with Gasteiger partial charge < -0.3 is 20.3 Å². The van der Waals surface area contributed by atoms with Crippen LogP contribution in [0, 0.1) is 5.82 Å². The van der Waals surface area contributed by atoms with E-state index in [-0.39, 0.29) is 29.4 Å². The van der Waals surface area contributed by atoms with Crippen LogP contribution in [0.3, 0.4) is 0 Å². The molecule has 0 aliphatic carbocycles. The van der Waals surface area contributed by atoms with E-state index in [1.807, 2.05) is 35.0 Å². The maximum atomic E-state index is 13.4. The Bertz CT molecular complexity index is 3490. The molecule has 2 aromatic heterocycles. The molecule has 0 unspecified atom stereocenters. The number of carbonyl (C=O) groups excluding carboxylic acids is 2. The van der Waals surface area contributed by atoms with Gasteiger partial charge in [-0.25, -0.2) is 28.7 Å². The number of thiazole rings is 2. The molecule has 0 aliphatic heterocycles. The van der Waals surface area contributed by atoms with E-state index >= 15 is 0 Å². The summed E-state index contributed by atoms with van der Waals surface area (Å²) in [7, 11) is 1.32. The van der Waals surface area contributed by atoms with E-state index in [1.165, 1.54) is 54.0 Å². The van der Waals surface area contributed by atoms with Crippen LogP contribution in [-0.4, -0.2) is 51.1 Å². The Morgan fingerprint density at radius 2 is 1.03 bits per heavy atom. The number of carboxylic acid groups (broad SMARTS) is 2. The van der Waals surface area contributed by atoms with Crippen LogP contribution in [0.5, 0.6) is 0 Å². The zero-order valence-electron chi connectivity index (χ0n) is 36.8. The van der Waals surface area contributed by atoms with Crippen LogP contribution in [-0.2, 0) is 11.3 Å². The summed E-state index contributed by atoms with van der Waals surface area (Å²) in [5.74, 6) is -3.27. The molecule has 3 N–H and O–H groups in total. The first-order chi connectivity index (χ1) is 34.1. The van der Waals surface area contributed by atoms with E-state index in [2.05, 4.69) is 15.3 Å². The molecule has 0 saturated carbocycles. The number of aromatic nitrogens is 2. The van der Waals surface area contributed by atoms with Crippen LogP contribution >= 0.6 is 69.1 Å². The summed E-state index contributed by atoms with van der Waals surface area (Å²) in [6, 6.07) is 40.1. The summed E-state index contributed by atoms with van der Waals surface area (Å²) in [6.07, 6.45) is 0. The van der Waals surface area contributed by atoms with E-state index in [9.17, 15) is 28.7 Å². The van der Waals surface area contributed by atoms with Gasteiger partial charge in [0.15, 0.2) is 0 Å². The second kappa shape index (κ2) is 22.2. The number of carboxylic acids is 2. The van der Waals surface area contributed by atoms with Crippen molar-refractivity contribution >= 4 is 92.9 Å². The predicted molar refractivity (Wildman–Crippen MR) is 280 cm³/mol. The molecule has 0 bridgehead atoms. The summed E-state index contributed by atoms with van der Waals surface area (Å²) in [5.41, 5.74) is 8.73. The van der Waals surface area contributed by atoms with E-state index < -0.39 is 17.9 Å². The minimum absolute atomic E-state index is 0.113. The Morgan fingerprint density at radius 3 is 1.51 bits per heavy atom. The molecule has 9 aromatic rings. The van der Waals surface area contributed by atoms with Gasteiger partial charge in [-0.3, -0.25) is 4.79 Å². The Morgan fingerprint density at radius 1 is 0.549 bits per heavy atom. The number of rotatable bonds is 12. The van der Waals surface area contributed by atoms with Gasteiger partial charge in [-0.1, -0.05) is 119 Å². The number of nitrogens with one attached hydrogen (secondary N) is 1. The van der Waals surface area contributed by atoms with Crippen molar-refractivity contribution in [1.29, 1.82) is 0 Å². The average molecular weight is 1060 g/mol. The van der Waals surface area contributed by atoms with Gasteiger partial charge >= 0.3 is 17.9 Å². The monoisotopic (exact) mass is 1060 g/mol. The standard InChI is InChI=1S/C30H19Cl2FN2O3S.C24H15Cl2NO4S/c31-25-11-9-20(14-26(25)32)27-16-39-29(35-27)21-8-10-23(24(13-21)30(37)38)18-4-6-19(7-5-18)28(36)34-15-17-2-1-3-22(33)12-17;1-31-24(30)18-10-16(6-8-17(18)13-2-4-14(5-3-13)23(28)29)22-27-21(12-32-22)15-7-9-19(25)20(26)11-15/h1-14,16H,15H2,(H,34,36)(H,37,38);2-12H,1H3,(H,28,29). The lowest BCUT2D eigenvalue weighted by Crippen LogP contribution is -2.22. The lowest BCUT2D eigenvalue weighted by molar-refractivity contribution is 0.0599. The maximum Gasteiger partial charge on any atom is 0.338 e. The zero-order chi connectivity index (χ0) is 50.3. The quantitative estimate of drug-likeness (QED) is 0.101. The molecule has 1 amide bonds. The third kappa shape index (κ3) is 11.9. The van der Waals surface area contributed by atoms with Crippen molar-refractivity contribution in [3.05, 3.63) is 210 Å². The Hall–Kier alpha value is -7.23. The van der Waals surface area contributed by atoms with Gasteiger partial charge in [-0.2, -0.15) is 0 Å². The molecule has 0 fully saturated rings. The predicted octanol–water partition coefficient (Wildman–Crippen LogP) is 15.2. The van der Waals surface area contributed by atoms with Crippen molar-refractivity contribution in [2.75, 3.05) is 7.11 Å². The molecule has 17 heteroatoms. The van der Waals surface area contributed by atoms with Gasteiger partial charge in [0.2, 0.25) is 0 Å². The molecule has 0 aliphatic rings. The molecule has 0 saturated heterocycles. The SMILES string of the molecule is COC(=O)c1cc(-c2nc(-c3ccc(Cl)c(Cl)c3)cs2)ccc1-c1ccc(C(=O)O)cc1.O=C(NCc1cccc(F)c1)c1ccc(-c2ccc(-c3nc(-c4ccc(Cl)c(Cl)c4)cs3)cc2C(=O)O)cc1. The molecule has 7 aromatic carbocycles. The van der Waals surface area contributed by atoms with Crippen molar-refractivity contribution in [3.8, 4) is 65.9 Å². The molecule has 71 heavy (non-hydrogen) atoms. The lowest BCUT2D eigenvalue weighted by Gasteiger charge is -2.10. The van der Waals surface area contributed by atoms with Crippen LogP contribution in [0.15, 0.2) is 156 Å². The fraction of sp³-hybridized carbons (Fsp3) is 0.0370. The Kier molecular flexibility index (Phi) is 15.7. The average Bonchev–Trinajstić information content (AvgIpc) is 4.09. The van der Waals surface area contributed by atoms with E-state index in [0.29, 0.717) is 75.3 Å². The number of benzene rings is 7. The molecule has 0 spiro atoms. The molecule has 9 rings (SSSR count). The molecule has 0 radical (unpaired) electrons. The molecular formula is C54H34Cl4FN3O7S2. The summed E-state index contributed by atoms with van der Waals surface area (Å²) < 4.78 is 18.3. The molecule has 0 atom stereocenters. The van der Waals surface area contributed by atoms with Crippen LogP contribution in [0.4, 0.5) is 4.39 Å². The second-order valence-electron chi connectivity index (χ2n) is 15.4. The molecule has 354 valence electrons. The highest BCUT2D eigenvalue weighted by molar-refractivity contribution is 7.13. The highest BCUT2D eigenvalue weighted by atomic mass is 35.5. The van der Waals surface area contributed by atoms with Crippen LogP contribution in [0.2, 0.25) is 20.1 Å². The number of carbonyl (C=O) groups is 4. The van der Waals surface area contributed by atoms with E-state index in [4.69, 9.17) is 56.2 Å². The fourth-order valence-corrected chi connectivity index (χ4v) is 9.48. The van der Waals surface area contributed by atoms with Crippen molar-refractivity contribution in [1.82, 2.24) is 15.3 Å². The van der Waals surface area contributed by atoms with Gasteiger partial charge in [0.25, 0.3) is 5.91 Å². The maximum absolute atomic E-state index is 13.4. The zero-order valence-corrected chi connectivity index (χ0v) is 41.4. The van der Waals surface area contributed by atoms with Crippen molar-refractivity contribution in [2.45, 2.75) is 6.54 Å². The number of hydrogen-bond donors (Lipinski definition) is 3. The largest absolute Gasteiger partial charge is 0.478 e. The fourth-order valence-electron chi connectivity index (χ4n) is 7.23. The molecule has 10 nitrogen and oxygen atoms in total. The van der Waals surface area contributed by atoms with Gasteiger partial charge in [0, 0.05) is 45.1 Å². The van der Waals surface area contributed by atoms with E-state index in [0.717, 1.165) is 27.4 Å². The number of ether oxygens (including phenoxy) is 1. The molecule has 2 heterocycles. The van der Waals surface area contributed by atoms with Crippen molar-refractivity contribution < 1.29 is 38.5 Å². The third-order valence-electron chi connectivity index (χ3n) is 10.9. The number of nitrogens with zero attached hydrogens (tertiary/aromatic N) is 2. The third-order valence-corrected chi connectivity index (χ3v) is 14.1. The Labute approximate surface area is 433 Å². The normalized spacial score (nSPS) is 10.8. The molecular weight excluding hydrogens is 1030 g/mol. The number of halogens is 5. The highest BCUT2D eigenvalue weighted by Crippen LogP contribution is 2.37. The van der Waals surface area contributed by atoms with Gasteiger partial charge in [0.05, 0.1) is 55.3 Å².